The quantitative estimate of drug-likeness (QED) is 0.696. The number of fused-ring (bicyclic) bond motifs is 1. The zero-order valence-corrected chi connectivity index (χ0v) is 13.0. The summed E-state index contributed by atoms with van der Waals surface area (Å²) >= 11 is 2.97. The molecule has 0 saturated carbocycles. The summed E-state index contributed by atoms with van der Waals surface area (Å²) in [6.45, 7) is 1.95. The van der Waals surface area contributed by atoms with Gasteiger partial charge < -0.3 is 4.90 Å². The molecule has 20 heavy (non-hydrogen) atoms. The Bertz CT molecular complexity index is 789. The lowest BCUT2D eigenvalue weighted by molar-refractivity contribution is 0.103. The Morgan fingerprint density at radius 3 is 2.55 bits per heavy atom. The second-order valence-corrected chi connectivity index (χ2v) is 6.50. The number of nitrogens with zero attached hydrogens (tertiary/aromatic N) is 3. The predicted molar refractivity (Wildman–Crippen MR) is 84.2 cm³/mol. The van der Waals surface area contributed by atoms with Gasteiger partial charge in [-0.1, -0.05) is 0 Å². The maximum atomic E-state index is 12.7. The predicted octanol–water partition coefficient (Wildman–Crippen LogP) is 3.36. The van der Waals surface area contributed by atoms with Crippen LogP contribution in [0.4, 0.5) is 5.95 Å². The molecule has 0 bridgehead atoms. The van der Waals surface area contributed by atoms with Crippen molar-refractivity contribution in [1.82, 2.24) is 9.97 Å². The van der Waals surface area contributed by atoms with E-state index in [9.17, 15) is 4.79 Å². The number of anilines is 1. The van der Waals surface area contributed by atoms with E-state index in [2.05, 4.69) is 9.97 Å². The Morgan fingerprint density at radius 2 is 1.90 bits per heavy atom. The van der Waals surface area contributed by atoms with Crippen LogP contribution >= 0.6 is 22.7 Å². The molecule has 3 aromatic rings. The number of ketones is 1. The molecule has 102 valence electrons. The van der Waals surface area contributed by atoms with Gasteiger partial charge in [0.25, 0.3) is 0 Å². The van der Waals surface area contributed by atoms with Crippen LogP contribution in [0.3, 0.4) is 0 Å². The average molecular weight is 303 g/mol. The smallest absolute Gasteiger partial charge is 0.226 e. The topological polar surface area (TPSA) is 46.1 Å². The number of hydrogen-bond acceptors (Lipinski definition) is 6. The standard InChI is InChI=1S/C14H13N3OS2/c1-8-4-6-19-12(8)11(18)10-13-9(5-7-20-13)15-14(16-10)17(2)3/h4-7H,1-3H3. The summed E-state index contributed by atoms with van der Waals surface area (Å²) in [6.07, 6.45) is 0. The molecule has 0 atom stereocenters. The molecule has 0 unspecified atom stereocenters. The molecule has 0 saturated heterocycles. The SMILES string of the molecule is Cc1ccsc1C(=O)c1nc(N(C)C)nc2ccsc12. The summed E-state index contributed by atoms with van der Waals surface area (Å²) in [5, 5.41) is 3.87. The van der Waals surface area contributed by atoms with Gasteiger partial charge in [0.1, 0.15) is 5.69 Å². The van der Waals surface area contributed by atoms with Crippen molar-refractivity contribution in [2.45, 2.75) is 6.92 Å². The lowest BCUT2D eigenvalue weighted by Crippen LogP contribution is -2.15. The fraction of sp³-hybridized carbons (Fsp3) is 0.214. The third-order valence-corrected chi connectivity index (χ3v) is 4.90. The minimum atomic E-state index is -0.0181. The third kappa shape index (κ3) is 2.10. The molecule has 0 N–H and O–H groups in total. The first kappa shape index (κ1) is 13.2. The third-order valence-electron chi connectivity index (χ3n) is 2.98. The molecule has 6 heteroatoms. The van der Waals surface area contributed by atoms with E-state index in [-0.39, 0.29) is 5.78 Å². The van der Waals surface area contributed by atoms with Crippen LogP contribution < -0.4 is 4.90 Å². The van der Waals surface area contributed by atoms with Crippen molar-refractivity contribution in [2.75, 3.05) is 19.0 Å². The molecule has 0 aliphatic rings. The summed E-state index contributed by atoms with van der Waals surface area (Å²) in [6, 6.07) is 3.88. The average Bonchev–Trinajstić information content (AvgIpc) is 3.04. The van der Waals surface area contributed by atoms with Crippen LogP contribution in [0.25, 0.3) is 10.2 Å². The van der Waals surface area contributed by atoms with E-state index in [0.717, 1.165) is 20.7 Å². The zero-order valence-electron chi connectivity index (χ0n) is 11.4. The lowest BCUT2D eigenvalue weighted by Gasteiger charge is -2.11. The van der Waals surface area contributed by atoms with Crippen LogP contribution in [-0.2, 0) is 0 Å². The van der Waals surface area contributed by atoms with Gasteiger partial charge in [0.05, 0.1) is 15.1 Å². The van der Waals surface area contributed by atoms with Crippen LogP contribution in [0.1, 0.15) is 20.9 Å². The van der Waals surface area contributed by atoms with Crippen LogP contribution in [0.15, 0.2) is 22.9 Å². The number of aromatic nitrogens is 2. The van der Waals surface area contributed by atoms with Gasteiger partial charge in [-0.05, 0) is 35.4 Å². The van der Waals surface area contributed by atoms with Gasteiger partial charge in [-0.25, -0.2) is 9.97 Å². The first-order valence-corrected chi connectivity index (χ1v) is 7.85. The van der Waals surface area contributed by atoms with Gasteiger partial charge in [-0.2, -0.15) is 0 Å². The highest BCUT2D eigenvalue weighted by atomic mass is 32.1. The Morgan fingerprint density at radius 1 is 1.15 bits per heavy atom. The van der Waals surface area contributed by atoms with Crippen LogP contribution in [-0.4, -0.2) is 29.8 Å². The summed E-state index contributed by atoms with van der Waals surface area (Å²) < 4.78 is 0.855. The highest BCUT2D eigenvalue weighted by molar-refractivity contribution is 7.17. The number of hydrogen-bond donors (Lipinski definition) is 0. The summed E-state index contributed by atoms with van der Waals surface area (Å²) in [5.74, 6) is 0.545. The molecule has 3 rings (SSSR count). The molecule has 0 aliphatic carbocycles. The highest BCUT2D eigenvalue weighted by Crippen LogP contribution is 2.28. The molecule has 0 amide bonds. The number of carbonyl (C=O) groups is 1. The first-order chi connectivity index (χ1) is 9.58. The van der Waals surface area contributed by atoms with Crippen molar-refractivity contribution >= 4 is 44.6 Å². The highest BCUT2D eigenvalue weighted by Gasteiger charge is 2.20. The molecular weight excluding hydrogens is 290 g/mol. The Labute approximate surface area is 124 Å². The van der Waals surface area contributed by atoms with Crippen LogP contribution in [0, 0.1) is 6.92 Å². The van der Waals surface area contributed by atoms with Crippen molar-refractivity contribution in [3.8, 4) is 0 Å². The lowest BCUT2D eigenvalue weighted by atomic mass is 10.1. The summed E-state index contributed by atoms with van der Waals surface area (Å²) in [7, 11) is 3.75. The molecule has 0 aliphatic heterocycles. The molecule has 0 aromatic carbocycles. The molecule has 3 heterocycles. The Balaban J connectivity index is 2.22. The molecular formula is C14H13N3OS2. The van der Waals surface area contributed by atoms with Crippen molar-refractivity contribution in [3.63, 3.8) is 0 Å². The van der Waals surface area contributed by atoms with Crippen molar-refractivity contribution in [1.29, 1.82) is 0 Å². The van der Waals surface area contributed by atoms with Gasteiger partial charge in [0, 0.05) is 14.1 Å². The fourth-order valence-corrected chi connectivity index (χ4v) is 3.60. The van der Waals surface area contributed by atoms with E-state index in [4.69, 9.17) is 0 Å². The maximum absolute atomic E-state index is 12.7. The minimum Gasteiger partial charge on any atom is -0.347 e. The second kappa shape index (κ2) is 4.96. The summed E-state index contributed by atoms with van der Waals surface area (Å²) in [4.78, 5) is 24.2. The van der Waals surface area contributed by atoms with Gasteiger partial charge >= 0.3 is 0 Å². The van der Waals surface area contributed by atoms with E-state index in [0.29, 0.717) is 11.6 Å². The van der Waals surface area contributed by atoms with Gasteiger partial charge in [-0.15, -0.1) is 22.7 Å². The van der Waals surface area contributed by atoms with E-state index >= 15 is 0 Å². The van der Waals surface area contributed by atoms with Crippen molar-refractivity contribution < 1.29 is 4.79 Å². The fourth-order valence-electron chi connectivity index (χ4n) is 1.92. The normalized spacial score (nSPS) is 10.9. The van der Waals surface area contributed by atoms with Crippen molar-refractivity contribution in [3.05, 3.63) is 39.0 Å². The molecule has 0 radical (unpaired) electrons. The Hall–Kier alpha value is -1.79. The van der Waals surface area contributed by atoms with E-state index in [1.54, 1.807) is 0 Å². The first-order valence-electron chi connectivity index (χ1n) is 6.09. The van der Waals surface area contributed by atoms with E-state index in [1.807, 2.05) is 48.8 Å². The molecule has 0 spiro atoms. The second-order valence-electron chi connectivity index (χ2n) is 4.66. The zero-order chi connectivity index (χ0) is 14.3. The number of aryl methyl sites for hydroxylation is 1. The number of carbonyl (C=O) groups excluding carboxylic acids is 1. The number of thiophene rings is 2. The Kier molecular flexibility index (Phi) is 3.27. The summed E-state index contributed by atoms with van der Waals surface area (Å²) in [5.41, 5.74) is 2.32. The van der Waals surface area contributed by atoms with Gasteiger partial charge in [-0.3, -0.25) is 4.79 Å². The maximum Gasteiger partial charge on any atom is 0.226 e. The minimum absolute atomic E-state index is 0.0181. The van der Waals surface area contributed by atoms with E-state index < -0.39 is 0 Å². The molecule has 4 nitrogen and oxygen atoms in total. The van der Waals surface area contributed by atoms with Gasteiger partial charge in [0.15, 0.2) is 0 Å². The van der Waals surface area contributed by atoms with Gasteiger partial charge in [0.2, 0.25) is 11.7 Å². The monoisotopic (exact) mass is 303 g/mol. The van der Waals surface area contributed by atoms with Crippen molar-refractivity contribution in [2.24, 2.45) is 0 Å². The largest absolute Gasteiger partial charge is 0.347 e. The van der Waals surface area contributed by atoms with Crippen LogP contribution in [0.2, 0.25) is 0 Å². The molecule has 0 fully saturated rings. The molecule has 3 aromatic heterocycles. The number of rotatable bonds is 3. The van der Waals surface area contributed by atoms with Crippen LogP contribution in [0.5, 0.6) is 0 Å². The van der Waals surface area contributed by atoms with E-state index in [1.165, 1.54) is 22.7 Å².